The number of nitrogens with zero attached hydrogens (tertiary/aromatic N) is 1. The average Bonchev–Trinajstić information content (AvgIpc) is 2.07. The van der Waals surface area contributed by atoms with Crippen molar-refractivity contribution in [3.8, 4) is 0 Å². The van der Waals surface area contributed by atoms with Crippen LogP contribution in [0.4, 0.5) is 0 Å². The predicted molar refractivity (Wildman–Crippen MR) is 37.3 cm³/mol. The zero-order valence-corrected chi connectivity index (χ0v) is 6.32. The molecular formula is C6H4NO3P. The SMILES string of the molecule is O=POC(=O)c1ccccn1. The first-order valence-electron chi connectivity index (χ1n) is 2.79. The van der Waals surface area contributed by atoms with Crippen LogP contribution in [0, 0.1) is 0 Å². The largest absolute Gasteiger partial charge is 0.398 e. The zero-order valence-electron chi connectivity index (χ0n) is 5.43. The molecule has 0 aromatic carbocycles. The molecule has 1 heterocycles. The lowest BCUT2D eigenvalue weighted by Gasteiger charge is -1.92. The van der Waals surface area contributed by atoms with Gasteiger partial charge in [-0.1, -0.05) is 6.07 Å². The molecule has 0 amide bonds. The Morgan fingerprint density at radius 2 is 2.36 bits per heavy atom. The van der Waals surface area contributed by atoms with Crippen LogP contribution < -0.4 is 0 Å². The Morgan fingerprint density at radius 1 is 1.55 bits per heavy atom. The molecule has 56 valence electrons. The van der Waals surface area contributed by atoms with E-state index in [9.17, 15) is 9.36 Å². The lowest BCUT2D eigenvalue weighted by molar-refractivity contribution is 0.0750. The minimum atomic E-state index is -0.692. The fraction of sp³-hybridized carbons (Fsp3) is 0. The highest BCUT2D eigenvalue weighted by molar-refractivity contribution is 7.18. The fourth-order valence-electron chi connectivity index (χ4n) is 0.564. The van der Waals surface area contributed by atoms with Crippen molar-refractivity contribution in [3.63, 3.8) is 0 Å². The molecule has 0 atom stereocenters. The number of hydrogen-bond acceptors (Lipinski definition) is 4. The predicted octanol–water partition coefficient (Wildman–Crippen LogP) is 1.45. The highest BCUT2D eigenvalue weighted by Crippen LogP contribution is 2.02. The van der Waals surface area contributed by atoms with Crippen molar-refractivity contribution in [1.29, 1.82) is 0 Å². The summed E-state index contributed by atoms with van der Waals surface area (Å²) in [5.74, 6) is -0.692. The van der Waals surface area contributed by atoms with Crippen molar-refractivity contribution in [3.05, 3.63) is 30.1 Å². The summed E-state index contributed by atoms with van der Waals surface area (Å²) >= 11 is 0. The molecule has 0 saturated heterocycles. The van der Waals surface area contributed by atoms with E-state index in [0.717, 1.165) is 0 Å². The van der Waals surface area contributed by atoms with E-state index in [-0.39, 0.29) is 5.69 Å². The lowest BCUT2D eigenvalue weighted by atomic mass is 10.4. The topological polar surface area (TPSA) is 56.3 Å². The summed E-state index contributed by atoms with van der Waals surface area (Å²) in [5, 5.41) is 0. The summed E-state index contributed by atoms with van der Waals surface area (Å²) in [6.45, 7) is 0. The van der Waals surface area contributed by atoms with Gasteiger partial charge in [-0.05, 0) is 12.1 Å². The number of rotatable bonds is 2. The smallest absolute Gasteiger partial charge is 0.368 e. The Labute approximate surface area is 64.5 Å². The minimum absolute atomic E-state index is 0.149. The van der Waals surface area contributed by atoms with E-state index in [1.807, 2.05) is 0 Å². The van der Waals surface area contributed by atoms with Gasteiger partial charge in [0.2, 0.25) is 0 Å². The van der Waals surface area contributed by atoms with Gasteiger partial charge in [-0.15, -0.1) is 0 Å². The first-order valence-corrected chi connectivity index (χ1v) is 3.52. The molecule has 0 radical (unpaired) electrons. The van der Waals surface area contributed by atoms with Gasteiger partial charge in [0.15, 0.2) is 0 Å². The molecule has 0 aliphatic heterocycles. The van der Waals surface area contributed by atoms with Crippen LogP contribution in [-0.2, 0) is 9.09 Å². The fourth-order valence-corrected chi connectivity index (χ4v) is 0.725. The number of carbonyl (C=O) groups excluding carboxylic acids is 1. The summed E-state index contributed by atoms with van der Waals surface area (Å²) in [7, 11) is -0.655. The van der Waals surface area contributed by atoms with Crippen molar-refractivity contribution >= 4 is 14.7 Å². The Kier molecular flexibility index (Phi) is 2.69. The van der Waals surface area contributed by atoms with Crippen LogP contribution in [0.15, 0.2) is 24.4 Å². The number of hydrogen-bond donors (Lipinski definition) is 0. The van der Waals surface area contributed by atoms with Crippen LogP contribution in [0.1, 0.15) is 10.5 Å². The van der Waals surface area contributed by atoms with E-state index < -0.39 is 14.7 Å². The Morgan fingerprint density at radius 3 is 2.91 bits per heavy atom. The number of aromatic nitrogens is 1. The molecule has 0 aliphatic carbocycles. The van der Waals surface area contributed by atoms with Gasteiger partial charge < -0.3 is 4.52 Å². The summed E-state index contributed by atoms with van der Waals surface area (Å²) < 4.78 is 14.0. The van der Waals surface area contributed by atoms with E-state index in [4.69, 9.17) is 0 Å². The summed E-state index contributed by atoms with van der Waals surface area (Å²) in [6.07, 6.45) is 1.46. The van der Waals surface area contributed by atoms with Crippen LogP contribution in [-0.4, -0.2) is 11.0 Å². The van der Waals surface area contributed by atoms with Gasteiger partial charge >= 0.3 is 14.7 Å². The molecule has 11 heavy (non-hydrogen) atoms. The Balaban J connectivity index is 2.77. The van der Waals surface area contributed by atoms with Crippen LogP contribution in [0.2, 0.25) is 0 Å². The van der Waals surface area contributed by atoms with E-state index in [2.05, 4.69) is 9.51 Å². The normalized spacial score (nSPS) is 9.45. The molecule has 0 saturated carbocycles. The van der Waals surface area contributed by atoms with Gasteiger partial charge in [0, 0.05) is 6.20 Å². The van der Waals surface area contributed by atoms with Crippen LogP contribution in [0.5, 0.6) is 0 Å². The van der Waals surface area contributed by atoms with Gasteiger partial charge in [-0.3, -0.25) is 0 Å². The van der Waals surface area contributed by atoms with Crippen LogP contribution >= 0.6 is 8.69 Å². The monoisotopic (exact) mass is 169 g/mol. The second-order valence-electron chi connectivity index (χ2n) is 1.67. The highest BCUT2D eigenvalue weighted by atomic mass is 31.1. The molecule has 1 rings (SSSR count). The van der Waals surface area contributed by atoms with Crippen molar-refractivity contribution < 1.29 is 13.9 Å². The molecule has 0 fully saturated rings. The van der Waals surface area contributed by atoms with Crippen molar-refractivity contribution in [2.45, 2.75) is 0 Å². The second-order valence-corrected chi connectivity index (χ2v) is 2.00. The average molecular weight is 169 g/mol. The van der Waals surface area contributed by atoms with Gasteiger partial charge in [0.1, 0.15) is 5.69 Å². The molecular weight excluding hydrogens is 165 g/mol. The van der Waals surface area contributed by atoms with Crippen molar-refractivity contribution in [2.75, 3.05) is 0 Å². The molecule has 0 spiro atoms. The van der Waals surface area contributed by atoms with Crippen LogP contribution in [0.25, 0.3) is 0 Å². The third-order valence-corrected chi connectivity index (χ3v) is 1.23. The summed E-state index contributed by atoms with van der Waals surface area (Å²) in [6, 6.07) is 4.80. The van der Waals surface area contributed by atoms with E-state index >= 15 is 0 Å². The number of carbonyl (C=O) groups is 1. The van der Waals surface area contributed by atoms with Gasteiger partial charge in [0.05, 0.1) is 0 Å². The van der Waals surface area contributed by atoms with E-state index in [1.54, 1.807) is 12.1 Å². The highest BCUT2D eigenvalue weighted by Gasteiger charge is 2.06. The molecule has 5 heteroatoms. The van der Waals surface area contributed by atoms with Gasteiger partial charge in [0.25, 0.3) is 0 Å². The maximum absolute atomic E-state index is 10.8. The van der Waals surface area contributed by atoms with Gasteiger partial charge in [-0.2, -0.15) is 0 Å². The third kappa shape index (κ3) is 2.09. The molecule has 4 nitrogen and oxygen atoms in total. The van der Waals surface area contributed by atoms with E-state index in [0.29, 0.717) is 0 Å². The second kappa shape index (κ2) is 3.78. The van der Waals surface area contributed by atoms with E-state index in [1.165, 1.54) is 12.3 Å². The first-order chi connectivity index (χ1) is 5.34. The minimum Gasteiger partial charge on any atom is -0.368 e. The summed E-state index contributed by atoms with van der Waals surface area (Å²) in [4.78, 5) is 14.4. The standard InChI is InChI=1S/C6H4NO3P/c8-6(10-11-9)5-3-1-2-4-7-5/h1-4H. The maximum Gasteiger partial charge on any atom is 0.398 e. The van der Waals surface area contributed by atoms with Crippen molar-refractivity contribution in [1.82, 2.24) is 4.98 Å². The molecule has 1 aromatic rings. The first kappa shape index (κ1) is 7.82. The Hall–Kier alpha value is -1.28. The number of pyridine rings is 1. The lowest BCUT2D eigenvalue weighted by Crippen LogP contribution is -1.99. The van der Waals surface area contributed by atoms with Gasteiger partial charge in [-0.25, -0.2) is 14.3 Å². The maximum atomic E-state index is 10.8. The quantitative estimate of drug-likeness (QED) is 0.628. The molecule has 0 unspecified atom stereocenters. The molecule has 0 bridgehead atoms. The van der Waals surface area contributed by atoms with Crippen LogP contribution in [0.3, 0.4) is 0 Å². The summed E-state index contributed by atoms with van der Waals surface area (Å²) in [5.41, 5.74) is 0.149. The molecule has 0 N–H and O–H groups in total. The van der Waals surface area contributed by atoms with Crippen molar-refractivity contribution in [2.24, 2.45) is 0 Å². The molecule has 0 aliphatic rings. The Bertz CT molecular complexity index is 262. The third-order valence-electron chi connectivity index (χ3n) is 0.994. The molecule has 1 aromatic heterocycles. The zero-order chi connectivity index (χ0) is 8.10.